The van der Waals surface area contributed by atoms with E-state index in [2.05, 4.69) is 15.5 Å². The van der Waals surface area contributed by atoms with Gasteiger partial charge < -0.3 is 20.4 Å². The van der Waals surface area contributed by atoms with Crippen molar-refractivity contribution in [3.8, 4) is 0 Å². The quantitative estimate of drug-likeness (QED) is 0.759. The zero-order valence-electron chi connectivity index (χ0n) is 14.1. The maximum absolute atomic E-state index is 12.2. The number of amides is 2. The number of nitrogens with zero attached hydrogens (tertiary/aromatic N) is 2. The number of hydrogen-bond acceptors (Lipinski definition) is 4. The fraction of sp³-hybridized carbons (Fsp3) is 0.556. The first-order valence-corrected chi connectivity index (χ1v) is 8.86. The van der Waals surface area contributed by atoms with Crippen LogP contribution in [0.25, 0.3) is 0 Å². The Labute approximate surface area is 143 Å². The minimum Gasteiger partial charge on any atom is -0.352 e. The SMILES string of the molecule is O=C(NCCCN1CCNCC1)c1ccc(N2CCCC2=O)cc1. The molecule has 2 saturated heterocycles. The molecule has 0 spiro atoms. The molecule has 2 heterocycles. The molecular formula is C18H26N4O2. The summed E-state index contributed by atoms with van der Waals surface area (Å²) in [6.45, 7) is 6.77. The Morgan fingerprint density at radius 2 is 1.88 bits per heavy atom. The van der Waals surface area contributed by atoms with Gasteiger partial charge in [-0.1, -0.05) is 0 Å². The first-order chi connectivity index (χ1) is 11.7. The summed E-state index contributed by atoms with van der Waals surface area (Å²) in [5, 5.41) is 6.31. The molecule has 0 bridgehead atoms. The molecule has 2 aliphatic rings. The topological polar surface area (TPSA) is 64.7 Å². The number of piperazine rings is 1. The van der Waals surface area contributed by atoms with Gasteiger partial charge in [0.15, 0.2) is 0 Å². The van der Waals surface area contributed by atoms with Crippen LogP contribution in [0.1, 0.15) is 29.6 Å². The van der Waals surface area contributed by atoms with E-state index in [1.165, 1.54) is 0 Å². The van der Waals surface area contributed by atoms with Crippen LogP contribution >= 0.6 is 0 Å². The number of rotatable bonds is 6. The number of carbonyl (C=O) groups is 2. The number of anilines is 1. The second kappa shape index (κ2) is 8.26. The molecule has 6 heteroatoms. The number of carbonyl (C=O) groups excluding carboxylic acids is 2. The standard InChI is InChI=1S/C18H26N4O2/c23-17-3-1-12-22(17)16-6-4-15(5-7-16)18(24)20-8-2-11-21-13-9-19-10-14-21/h4-7,19H,1-3,8-14H2,(H,20,24). The van der Waals surface area contributed by atoms with Crippen molar-refractivity contribution in [3.05, 3.63) is 29.8 Å². The van der Waals surface area contributed by atoms with Gasteiger partial charge in [-0.05, 0) is 43.7 Å². The molecule has 0 saturated carbocycles. The van der Waals surface area contributed by atoms with Crippen LogP contribution in [0.2, 0.25) is 0 Å². The van der Waals surface area contributed by atoms with E-state index in [4.69, 9.17) is 0 Å². The largest absolute Gasteiger partial charge is 0.352 e. The van der Waals surface area contributed by atoms with Gasteiger partial charge in [0.1, 0.15) is 0 Å². The van der Waals surface area contributed by atoms with Crippen LogP contribution in [-0.4, -0.2) is 62.5 Å². The molecule has 24 heavy (non-hydrogen) atoms. The van der Waals surface area contributed by atoms with Gasteiger partial charge in [0.25, 0.3) is 5.91 Å². The van der Waals surface area contributed by atoms with Crippen LogP contribution in [0.4, 0.5) is 5.69 Å². The highest BCUT2D eigenvalue weighted by atomic mass is 16.2. The van der Waals surface area contributed by atoms with Crippen molar-refractivity contribution >= 4 is 17.5 Å². The van der Waals surface area contributed by atoms with Crippen molar-refractivity contribution < 1.29 is 9.59 Å². The summed E-state index contributed by atoms with van der Waals surface area (Å²) in [6, 6.07) is 7.32. The summed E-state index contributed by atoms with van der Waals surface area (Å²) in [5.74, 6) is 0.120. The predicted molar refractivity (Wildman–Crippen MR) is 94.3 cm³/mol. The lowest BCUT2D eigenvalue weighted by Crippen LogP contribution is -2.44. The fourth-order valence-electron chi connectivity index (χ4n) is 3.26. The van der Waals surface area contributed by atoms with E-state index in [1.807, 2.05) is 12.1 Å². The van der Waals surface area contributed by atoms with Crippen molar-refractivity contribution in [2.45, 2.75) is 19.3 Å². The molecule has 3 rings (SSSR count). The van der Waals surface area contributed by atoms with Crippen LogP contribution < -0.4 is 15.5 Å². The minimum absolute atomic E-state index is 0.0467. The Kier molecular flexibility index (Phi) is 5.82. The van der Waals surface area contributed by atoms with Gasteiger partial charge in [0, 0.05) is 56.9 Å². The highest BCUT2D eigenvalue weighted by Gasteiger charge is 2.21. The van der Waals surface area contributed by atoms with Crippen LogP contribution in [-0.2, 0) is 4.79 Å². The molecule has 0 aliphatic carbocycles. The van der Waals surface area contributed by atoms with Crippen LogP contribution in [0.5, 0.6) is 0 Å². The van der Waals surface area contributed by atoms with Gasteiger partial charge in [0.2, 0.25) is 5.91 Å². The second-order valence-corrected chi connectivity index (χ2v) is 6.40. The number of nitrogens with one attached hydrogen (secondary N) is 2. The van der Waals surface area contributed by atoms with E-state index in [0.29, 0.717) is 18.5 Å². The highest BCUT2D eigenvalue weighted by Crippen LogP contribution is 2.21. The van der Waals surface area contributed by atoms with E-state index >= 15 is 0 Å². The monoisotopic (exact) mass is 330 g/mol. The van der Waals surface area contributed by atoms with Gasteiger partial charge in [-0.15, -0.1) is 0 Å². The summed E-state index contributed by atoms with van der Waals surface area (Å²) in [4.78, 5) is 28.1. The maximum Gasteiger partial charge on any atom is 0.251 e. The van der Waals surface area contributed by atoms with Gasteiger partial charge in [-0.3, -0.25) is 9.59 Å². The molecule has 2 fully saturated rings. The average Bonchev–Trinajstić information content (AvgIpc) is 3.05. The second-order valence-electron chi connectivity index (χ2n) is 6.40. The molecule has 0 radical (unpaired) electrons. The van der Waals surface area contributed by atoms with Crippen molar-refractivity contribution in [1.82, 2.24) is 15.5 Å². The first kappa shape index (κ1) is 16.9. The smallest absolute Gasteiger partial charge is 0.251 e. The zero-order valence-corrected chi connectivity index (χ0v) is 14.1. The summed E-state index contributed by atoms with van der Waals surface area (Å²) in [5.41, 5.74) is 1.53. The molecule has 1 aromatic rings. The van der Waals surface area contributed by atoms with Gasteiger partial charge >= 0.3 is 0 Å². The summed E-state index contributed by atoms with van der Waals surface area (Å²) in [6.07, 6.45) is 2.50. The van der Waals surface area contributed by atoms with Gasteiger partial charge in [0.05, 0.1) is 0 Å². The molecule has 1 aromatic carbocycles. The minimum atomic E-state index is -0.0467. The van der Waals surface area contributed by atoms with Crippen molar-refractivity contribution in [2.75, 3.05) is 50.7 Å². The van der Waals surface area contributed by atoms with E-state index in [0.717, 1.165) is 57.8 Å². The Morgan fingerprint density at radius 1 is 1.12 bits per heavy atom. The summed E-state index contributed by atoms with van der Waals surface area (Å²) >= 11 is 0. The third-order valence-corrected chi connectivity index (χ3v) is 4.66. The van der Waals surface area contributed by atoms with Crippen molar-refractivity contribution in [2.24, 2.45) is 0 Å². The van der Waals surface area contributed by atoms with Crippen molar-refractivity contribution in [3.63, 3.8) is 0 Å². The highest BCUT2D eigenvalue weighted by molar-refractivity contribution is 5.97. The first-order valence-electron chi connectivity index (χ1n) is 8.86. The molecule has 6 nitrogen and oxygen atoms in total. The normalized spacial score (nSPS) is 18.8. The number of benzene rings is 1. The average molecular weight is 330 g/mol. The molecule has 0 atom stereocenters. The molecular weight excluding hydrogens is 304 g/mol. The maximum atomic E-state index is 12.2. The van der Waals surface area contributed by atoms with E-state index in [-0.39, 0.29) is 11.8 Å². The van der Waals surface area contributed by atoms with E-state index in [9.17, 15) is 9.59 Å². The van der Waals surface area contributed by atoms with Crippen molar-refractivity contribution in [1.29, 1.82) is 0 Å². The molecule has 2 amide bonds. The van der Waals surface area contributed by atoms with Gasteiger partial charge in [-0.2, -0.15) is 0 Å². The molecule has 2 N–H and O–H groups in total. The lowest BCUT2D eigenvalue weighted by atomic mass is 10.2. The van der Waals surface area contributed by atoms with E-state index in [1.54, 1.807) is 17.0 Å². The van der Waals surface area contributed by atoms with Crippen LogP contribution in [0.15, 0.2) is 24.3 Å². The van der Waals surface area contributed by atoms with E-state index < -0.39 is 0 Å². The molecule has 2 aliphatic heterocycles. The Balaban J connectivity index is 1.42. The molecule has 0 unspecified atom stereocenters. The fourth-order valence-corrected chi connectivity index (χ4v) is 3.26. The third kappa shape index (κ3) is 4.33. The summed E-state index contributed by atoms with van der Waals surface area (Å²) in [7, 11) is 0. The Hall–Kier alpha value is -1.92. The summed E-state index contributed by atoms with van der Waals surface area (Å²) < 4.78 is 0. The lowest BCUT2D eigenvalue weighted by molar-refractivity contribution is -0.117. The van der Waals surface area contributed by atoms with Crippen LogP contribution in [0, 0.1) is 0 Å². The molecule has 0 aromatic heterocycles. The Morgan fingerprint density at radius 3 is 2.54 bits per heavy atom. The predicted octanol–water partition coefficient (Wildman–Crippen LogP) is 0.839. The van der Waals surface area contributed by atoms with Crippen LogP contribution in [0.3, 0.4) is 0 Å². The third-order valence-electron chi connectivity index (χ3n) is 4.66. The number of hydrogen-bond donors (Lipinski definition) is 2. The Bertz CT molecular complexity index is 567. The lowest BCUT2D eigenvalue weighted by Gasteiger charge is -2.27. The zero-order chi connectivity index (χ0) is 16.8. The van der Waals surface area contributed by atoms with Gasteiger partial charge in [-0.25, -0.2) is 0 Å². The molecule has 130 valence electrons.